The van der Waals surface area contributed by atoms with Crippen molar-refractivity contribution < 1.29 is 18.0 Å². The van der Waals surface area contributed by atoms with E-state index < -0.39 is 11.6 Å². The molecule has 1 aliphatic rings. The number of fused-ring (bicyclic) bond motifs is 2. The van der Waals surface area contributed by atoms with Gasteiger partial charge in [-0.05, 0) is 73.6 Å². The summed E-state index contributed by atoms with van der Waals surface area (Å²) >= 11 is 0. The Morgan fingerprint density at radius 3 is 2.83 bits per heavy atom. The zero-order chi connectivity index (χ0) is 20.1. The average molecular weight is 394 g/mol. The summed E-state index contributed by atoms with van der Waals surface area (Å²) in [6.45, 7) is 2.17. The van der Waals surface area contributed by atoms with Crippen molar-refractivity contribution >= 4 is 27.8 Å². The second-order valence-corrected chi connectivity index (χ2v) is 7.70. The van der Waals surface area contributed by atoms with Crippen LogP contribution in [-0.4, -0.2) is 17.4 Å². The summed E-state index contributed by atoms with van der Waals surface area (Å²) in [6, 6.07) is 10.5. The maximum atomic E-state index is 14.0. The molecule has 1 saturated carbocycles. The number of aryl methyl sites for hydroxylation is 1. The van der Waals surface area contributed by atoms with E-state index in [1.807, 2.05) is 13.0 Å². The van der Waals surface area contributed by atoms with E-state index in [1.165, 1.54) is 18.4 Å². The standard InChI is InChI=1S/C23H20F2N2O2/c1-12-16(17-5-6-18(24)21(25)22(17)27-12)8-9-26-23(28)20-11-15-10-14(13-2-3-13)4-7-19(15)29-20/h4-7,10-11,13,27H,2-3,8-9H2,1H3,(H,26,28). The Labute approximate surface area is 165 Å². The Hall–Kier alpha value is -3.15. The van der Waals surface area contributed by atoms with Crippen molar-refractivity contribution in [2.75, 3.05) is 6.54 Å². The number of rotatable bonds is 5. The maximum absolute atomic E-state index is 14.0. The molecule has 1 fully saturated rings. The van der Waals surface area contributed by atoms with E-state index in [9.17, 15) is 13.6 Å². The van der Waals surface area contributed by atoms with Crippen LogP contribution >= 0.6 is 0 Å². The first-order chi connectivity index (χ1) is 14.0. The summed E-state index contributed by atoms with van der Waals surface area (Å²) in [4.78, 5) is 15.4. The number of carbonyl (C=O) groups is 1. The van der Waals surface area contributed by atoms with Crippen molar-refractivity contribution in [1.82, 2.24) is 10.3 Å². The predicted molar refractivity (Wildman–Crippen MR) is 107 cm³/mol. The van der Waals surface area contributed by atoms with Crippen molar-refractivity contribution in [3.05, 3.63) is 70.6 Å². The normalized spacial score (nSPS) is 14.0. The minimum Gasteiger partial charge on any atom is -0.451 e. The molecule has 5 rings (SSSR count). The van der Waals surface area contributed by atoms with E-state index in [4.69, 9.17) is 4.42 Å². The summed E-state index contributed by atoms with van der Waals surface area (Å²) in [5.74, 6) is -1.13. The van der Waals surface area contributed by atoms with Gasteiger partial charge in [0.2, 0.25) is 0 Å². The summed E-state index contributed by atoms with van der Waals surface area (Å²) in [6.07, 6.45) is 2.94. The SMILES string of the molecule is Cc1[nH]c2c(F)c(F)ccc2c1CCNC(=O)c1cc2cc(C3CC3)ccc2o1. The fourth-order valence-corrected chi connectivity index (χ4v) is 3.94. The van der Waals surface area contributed by atoms with Crippen molar-refractivity contribution in [3.8, 4) is 0 Å². The van der Waals surface area contributed by atoms with Gasteiger partial charge in [0.15, 0.2) is 17.4 Å². The fraction of sp³-hybridized carbons (Fsp3) is 0.261. The average Bonchev–Trinajstić information content (AvgIpc) is 3.39. The molecule has 2 N–H and O–H groups in total. The molecule has 0 unspecified atom stereocenters. The smallest absolute Gasteiger partial charge is 0.287 e. The van der Waals surface area contributed by atoms with Crippen molar-refractivity contribution in [1.29, 1.82) is 0 Å². The van der Waals surface area contributed by atoms with Gasteiger partial charge in [-0.2, -0.15) is 0 Å². The molecule has 2 heterocycles. The summed E-state index contributed by atoms with van der Waals surface area (Å²) in [5.41, 5.74) is 3.77. The highest BCUT2D eigenvalue weighted by Gasteiger charge is 2.24. The Morgan fingerprint density at radius 2 is 2.03 bits per heavy atom. The predicted octanol–water partition coefficient (Wildman–Crippen LogP) is 5.35. The Balaban J connectivity index is 1.30. The van der Waals surface area contributed by atoms with Crippen LogP contribution in [0.2, 0.25) is 0 Å². The third kappa shape index (κ3) is 3.18. The molecule has 1 amide bonds. The van der Waals surface area contributed by atoms with E-state index >= 15 is 0 Å². The number of benzene rings is 2. The van der Waals surface area contributed by atoms with Gasteiger partial charge in [-0.25, -0.2) is 8.78 Å². The fourth-order valence-electron chi connectivity index (χ4n) is 3.94. The first kappa shape index (κ1) is 17.9. The summed E-state index contributed by atoms with van der Waals surface area (Å²) < 4.78 is 33.1. The van der Waals surface area contributed by atoms with Crippen molar-refractivity contribution in [2.45, 2.75) is 32.1 Å². The van der Waals surface area contributed by atoms with Crippen LogP contribution in [0.15, 0.2) is 40.8 Å². The van der Waals surface area contributed by atoms with Gasteiger partial charge in [-0.3, -0.25) is 4.79 Å². The first-order valence-corrected chi connectivity index (χ1v) is 9.78. The summed E-state index contributed by atoms with van der Waals surface area (Å²) in [7, 11) is 0. The van der Waals surface area contributed by atoms with Crippen LogP contribution in [-0.2, 0) is 6.42 Å². The number of hydrogen-bond donors (Lipinski definition) is 2. The molecule has 2 aromatic heterocycles. The third-order valence-corrected chi connectivity index (χ3v) is 5.66. The Bertz CT molecular complexity index is 1250. The van der Waals surface area contributed by atoms with Gasteiger partial charge in [0.05, 0.1) is 5.52 Å². The van der Waals surface area contributed by atoms with Gasteiger partial charge in [-0.15, -0.1) is 0 Å². The van der Waals surface area contributed by atoms with E-state index in [1.54, 1.807) is 12.1 Å². The third-order valence-electron chi connectivity index (χ3n) is 5.66. The molecular weight excluding hydrogens is 374 g/mol. The monoisotopic (exact) mass is 394 g/mol. The van der Waals surface area contributed by atoms with Crippen LogP contribution in [0.4, 0.5) is 8.78 Å². The van der Waals surface area contributed by atoms with Gasteiger partial charge in [-0.1, -0.05) is 6.07 Å². The van der Waals surface area contributed by atoms with Crippen LogP contribution in [0.1, 0.15) is 46.1 Å². The zero-order valence-electron chi connectivity index (χ0n) is 15.9. The minimum atomic E-state index is -0.881. The summed E-state index contributed by atoms with van der Waals surface area (Å²) in [5, 5.41) is 4.42. The van der Waals surface area contributed by atoms with Crippen LogP contribution in [0.3, 0.4) is 0 Å². The number of halogens is 2. The molecule has 29 heavy (non-hydrogen) atoms. The topological polar surface area (TPSA) is 58.0 Å². The molecule has 0 atom stereocenters. The first-order valence-electron chi connectivity index (χ1n) is 9.78. The largest absolute Gasteiger partial charge is 0.451 e. The molecule has 148 valence electrons. The molecule has 4 nitrogen and oxygen atoms in total. The second-order valence-electron chi connectivity index (χ2n) is 7.70. The lowest BCUT2D eigenvalue weighted by Gasteiger charge is -2.04. The zero-order valence-corrected chi connectivity index (χ0v) is 15.9. The molecule has 0 saturated heterocycles. The van der Waals surface area contributed by atoms with Gasteiger partial charge >= 0.3 is 0 Å². The van der Waals surface area contributed by atoms with E-state index in [0.717, 1.165) is 22.7 Å². The molecule has 0 spiro atoms. The molecular formula is C23H20F2N2O2. The second kappa shape index (κ2) is 6.72. The van der Waals surface area contributed by atoms with Gasteiger partial charge in [0.1, 0.15) is 5.58 Å². The molecule has 0 aliphatic heterocycles. The highest BCUT2D eigenvalue weighted by molar-refractivity contribution is 5.96. The lowest BCUT2D eigenvalue weighted by atomic mass is 10.1. The quantitative estimate of drug-likeness (QED) is 0.479. The number of furan rings is 1. The molecule has 2 aromatic carbocycles. The van der Waals surface area contributed by atoms with Crippen molar-refractivity contribution in [2.24, 2.45) is 0 Å². The molecule has 6 heteroatoms. The molecule has 0 radical (unpaired) electrons. The van der Waals surface area contributed by atoms with Crippen LogP contribution in [0.5, 0.6) is 0 Å². The van der Waals surface area contributed by atoms with Gasteiger partial charge in [0, 0.05) is 23.0 Å². The number of nitrogens with one attached hydrogen (secondary N) is 2. The van der Waals surface area contributed by atoms with Gasteiger partial charge < -0.3 is 14.7 Å². The molecule has 1 aliphatic carbocycles. The van der Waals surface area contributed by atoms with E-state index in [0.29, 0.717) is 29.9 Å². The van der Waals surface area contributed by atoms with E-state index in [2.05, 4.69) is 22.4 Å². The van der Waals surface area contributed by atoms with Crippen LogP contribution in [0, 0.1) is 18.6 Å². The van der Waals surface area contributed by atoms with Crippen LogP contribution in [0.25, 0.3) is 21.9 Å². The van der Waals surface area contributed by atoms with Crippen LogP contribution < -0.4 is 5.32 Å². The van der Waals surface area contributed by atoms with E-state index in [-0.39, 0.29) is 17.2 Å². The number of aromatic amines is 1. The number of hydrogen-bond acceptors (Lipinski definition) is 2. The maximum Gasteiger partial charge on any atom is 0.287 e. The highest BCUT2D eigenvalue weighted by atomic mass is 19.2. The Morgan fingerprint density at radius 1 is 1.21 bits per heavy atom. The Kier molecular flexibility index (Phi) is 4.15. The minimum absolute atomic E-state index is 0.160. The van der Waals surface area contributed by atoms with Gasteiger partial charge in [0.25, 0.3) is 5.91 Å². The lowest BCUT2D eigenvalue weighted by Crippen LogP contribution is -2.25. The molecule has 0 bridgehead atoms. The number of carbonyl (C=O) groups excluding carboxylic acids is 1. The number of H-pyrrole nitrogens is 1. The lowest BCUT2D eigenvalue weighted by molar-refractivity contribution is 0.0928. The number of amides is 1. The number of aromatic nitrogens is 1. The molecule has 4 aromatic rings. The van der Waals surface area contributed by atoms with Crippen molar-refractivity contribution in [3.63, 3.8) is 0 Å². The highest BCUT2D eigenvalue weighted by Crippen LogP contribution is 2.41.